The Kier molecular flexibility index (Phi) is 3.16. The molecule has 0 unspecified atom stereocenters. The van der Waals surface area contributed by atoms with Crippen molar-refractivity contribution in [1.29, 1.82) is 0 Å². The minimum atomic E-state index is 0.642. The van der Waals surface area contributed by atoms with Gasteiger partial charge in [-0.1, -0.05) is 0 Å². The molecule has 0 spiro atoms. The molecule has 0 bridgehead atoms. The molecule has 0 radical (unpaired) electrons. The van der Waals surface area contributed by atoms with Crippen molar-refractivity contribution in [2.24, 2.45) is 0 Å². The van der Waals surface area contributed by atoms with Crippen LogP contribution in [0.5, 0.6) is 0 Å². The predicted molar refractivity (Wildman–Crippen MR) is 70.2 cm³/mol. The van der Waals surface area contributed by atoms with Crippen molar-refractivity contribution in [3.8, 4) is 10.6 Å². The number of thiazole rings is 1. The molecule has 0 aromatic carbocycles. The standard InChI is InChI=1S/C13H15N3S/c1-5-14-6-2-10(1)12-9-17-13(16-12)11-3-7-15-8-4-11/h3-4,7-10,14H,1-2,5-6H2. The van der Waals surface area contributed by atoms with E-state index in [0.29, 0.717) is 5.92 Å². The van der Waals surface area contributed by atoms with E-state index >= 15 is 0 Å². The summed E-state index contributed by atoms with van der Waals surface area (Å²) in [7, 11) is 0. The first-order valence-corrected chi connectivity index (χ1v) is 6.88. The number of hydrogen-bond donors (Lipinski definition) is 1. The molecule has 3 rings (SSSR count). The monoisotopic (exact) mass is 245 g/mol. The summed E-state index contributed by atoms with van der Waals surface area (Å²) in [6, 6.07) is 4.04. The Bertz CT molecular complexity index is 474. The van der Waals surface area contributed by atoms with Crippen LogP contribution >= 0.6 is 11.3 Å². The van der Waals surface area contributed by atoms with Crippen LogP contribution < -0.4 is 5.32 Å². The molecule has 17 heavy (non-hydrogen) atoms. The van der Waals surface area contributed by atoms with Crippen molar-refractivity contribution in [1.82, 2.24) is 15.3 Å². The smallest absolute Gasteiger partial charge is 0.123 e. The van der Waals surface area contributed by atoms with Gasteiger partial charge in [-0.25, -0.2) is 4.98 Å². The molecule has 0 aliphatic carbocycles. The maximum Gasteiger partial charge on any atom is 0.123 e. The second-order valence-electron chi connectivity index (χ2n) is 4.34. The lowest BCUT2D eigenvalue weighted by molar-refractivity contribution is 0.455. The van der Waals surface area contributed by atoms with Crippen LogP contribution in [-0.2, 0) is 0 Å². The van der Waals surface area contributed by atoms with Crippen LogP contribution in [0.15, 0.2) is 29.9 Å². The molecule has 0 amide bonds. The second-order valence-corrected chi connectivity index (χ2v) is 5.20. The van der Waals surface area contributed by atoms with E-state index in [1.807, 2.05) is 24.5 Å². The Balaban J connectivity index is 1.83. The van der Waals surface area contributed by atoms with Crippen molar-refractivity contribution in [3.05, 3.63) is 35.6 Å². The molecule has 1 aliphatic rings. The van der Waals surface area contributed by atoms with Crippen molar-refractivity contribution in [2.45, 2.75) is 18.8 Å². The zero-order chi connectivity index (χ0) is 11.5. The molecule has 1 fully saturated rings. The summed E-state index contributed by atoms with van der Waals surface area (Å²) in [6.45, 7) is 2.24. The highest BCUT2D eigenvalue weighted by atomic mass is 32.1. The summed E-state index contributed by atoms with van der Waals surface area (Å²) >= 11 is 1.74. The fourth-order valence-electron chi connectivity index (χ4n) is 2.22. The number of hydrogen-bond acceptors (Lipinski definition) is 4. The summed E-state index contributed by atoms with van der Waals surface area (Å²) in [5.41, 5.74) is 2.44. The second kappa shape index (κ2) is 4.94. The molecule has 3 nitrogen and oxygen atoms in total. The van der Waals surface area contributed by atoms with Gasteiger partial charge in [-0.2, -0.15) is 0 Å². The number of nitrogens with one attached hydrogen (secondary N) is 1. The lowest BCUT2D eigenvalue weighted by Crippen LogP contribution is -2.26. The Hall–Kier alpha value is -1.26. The van der Waals surface area contributed by atoms with Gasteiger partial charge in [0, 0.05) is 29.3 Å². The van der Waals surface area contributed by atoms with Gasteiger partial charge in [0.1, 0.15) is 5.01 Å². The van der Waals surface area contributed by atoms with Crippen LogP contribution in [0.2, 0.25) is 0 Å². The van der Waals surface area contributed by atoms with E-state index in [4.69, 9.17) is 4.98 Å². The third-order valence-corrected chi connectivity index (χ3v) is 4.12. The molecule has 88 valence electrons. The Labute approximate surface area is 105 Å². The van der Waals surface area contributed by atoms with Crippen LogP contribution in [0, 0.1) is 0 Å². The van der Waals surface area contributed by atoms with E-state index in [0.717, 1.165) is 18.1 Å². The molecule has 2 aromatic rings. The molecule has 1 saturated heterocycles. The summed E-state index contributed by atoms with van der Waals surface area (Å²) < 4.78 is 0. The van der Waals surface area contributed by atoms with E-state index in [1.54, 1.807) is 11.3 Å². The van der Waals surface area contributed by atoms with Crippen LogP contribution in [0.1, 0.15) is 24.5 Å². The number of piperidine rings is 1. The predicted octanol–water partition coefficient (Wildman–Crippen LogP) is 2.67. The topological polar surface area (TPSA) is 37.8 Å². The van der Waals surface area contributed by atoms with Crippen LogP contribution in [0.4, 0.5) is 0 Å². The zero-order valence-corrected chi connectivity index (χ0v) is 10.4. The molecule has 1 N–H and O–H groups in total. The van der Waals surface area contributed by atoms with Crippen molar-refractivity contribution < 1.29 is 0 Å². The van der Waals surface area contributed by atoms with E-state index in [-0.39, 0.29) is 0 Å². The molecule has 2 aromatic heterocycles. The summed E-state index contributed by atoms with van der Waals surface area (Å²) in [4.78, 5) is 8.80. The average Bonchev–Trinajstić information content (AvgIpc) is 2.90. The molecular weight excluding hydrogens is 230 g/mol. The first-order valence-electron chi connectivity index (χ1n) is 6.00. The van der Waals surface area contributed by atoms with Gasteiger partial charge in [0.25, 0.3) is 0 Å². The number of rotatable bonds is 2. The van der Waals surface area contributed by atoms with Crippen LogP contribution in [-0.4, -0.2) is 23.1 Å². The van der Waals surface area contributed by atoms with Crippen molar-refractivity contribution in [3.63, 3.8) is 0 Å². The third-order valence-electron chi connectivity index (χ3n) is 3.21. The highest BCUT2D eigenvalue weighted by Crippen LogP contribution is 2.30. The average molecular weight is 245 g/mol. The number of pyridine rings is 1. The Morgan fingerprint density at radius 1 is 1.18 bits per heavy atom. The first-order chi connectivity index (χ1) is 8.43. The van der Waals surface area contributed by atoms with Gasteiger partial charge in [0.15, 0.2) is 0 Å². The van der Waals surface area contributed by atoms with Crippen LogP contribution in [0.25, 0.3) is 10.6 Å². The highest BCUT2D eigenvalue weighted by Gasteiger charge is 2.18. The molecule has 1 aliphatic heterocycles. The fraction of sp³-hybridized carbons (Fsp3) is 0.385. The molecule has 3 heterocycles. The Morgan fingerprint density at radius 3 is 2.71 bits per heavy atom. The highest BCUT2D eigenvalue weighted by molar-refractivity contribution is 7.13. The van der Waals surface area contributed by atoms with Crippen molar-refractivity contribution in [2.75, 3.05) is 13.1 Å². The summed E-state index contributed by atoms with van der Waals surface area (Å²) in [6.07, 6.45) is 6.06. The van der Waals surface area contributed by atoms with Gasteiger partial charge < -0.3 is 5.32 Å². The summed E-state index contributed by atoms with van der Waals surface area (Å²) in [5.74, 6) is 0.642. The minimum absolute atomic E-state index is 0.642. The van der Waals surface area contributed by atoms with Gasteiger partial charge in [0.05, 0.1) is 5.69 Å². The third kappa shape index (κ3) is 2.37. The molecule has 4 heteroatoms. The first kappa shape index (κ1) is 10.9. The quantitative estimate of drug-likeness (QED) is 0.884. The molecular formula is C13H15N3S. The zero-order valence-electron chi connectivity index (χ0n) is 9.60. The lowest BCUT2D eigenvalue weighted by atomic mass is 9.95. The van der Waals surface area contributed by atoms with Crippen molar-refractivity contribution >= 4 is 11.3 Å². The SMILES string of the molecule is c1cc(-c2nc(C3CCNCC3)cs2)ccn1. The maximum absolute atomic E-state index is 4.77. The number of nitrogens with zero attached hydrogens (tertiary/aromatic N) is 2. The summed E-state index contributed by atoms with van der Waals surface area (Å²) in [5, 5.41) is 6.72. The van der Waals surface area contributed by atoms with E-state index in [1.165, 1.54) is 24.1 Å². The van der Waals surface area contributed by atoms with Gasteiger partial charge in [-0.3, -0.25) is 4.98 Å². The molecule has 0 atom stereocenters. The van der Waals surface area contributed by atoms with Gasteiger partial charge in [-0.05, 0) is 38.1 Å². The van der Waals surface area contributed by atoms with Gasteiger partial charge in [0.2, 0.25) is 0 Å². The fourth-order valence-corrected chi connectivity index (χ4v) is 3.13. The maximum atomic E-state index is 4.77. The van der Waals surface area contributed by atoms with E-state index in [2.05, 4.69) is 15.7 Å². The number of aromatic nitrogens is 2. The van der Waals surface area contributed by atoms with E-state index in [9.17, 15) is 0 Å². The minimum Gasteiger partial charge on any atom is -0.317 e. The van der Waals surface area contributed by atoms with Gasteiger partial charge >= 0.3 is 0 Å². The van der Waals surface area contributed by atoms with Crippen LogP contribution in [0.3, 0.4) is 0 Å². The largest absolute Gasteiger partial charge is 0.317 e. The lowest BCUT2D eigenvalue weighted by Gasteiger charge is -2.20. The normalized spacial score (nSPS) is 17.2. The van der Waals surface area contributed by atoms with Gasteiger partial charge in [-0.15, -0.1) is 11.3 Å². The van der Waals surface area contributed by atoms with E-state index < -0.39 is 0 Å². The Morgan fingerprint density at radius 2 is 1.94 bits per heavy atom. The molecule has 0 saturated carbocycles.